The van der Waals surface area contributed by atoms with E-state index in [1.807, 2.05) is 6.92 Å². The highest BCUT2D eigenvalue weighted by Crippen LogP contribution is 2.27. The average molecular weight is 160 g/mol. The van der Waals surface area contributed by atoms with E-state index in [1.165, 1.54) is 0 Å². The van der Waals surface area contributed by atoms with E-state index in [-0.39, 0.29) is 11.6 Å². The van der Waals surface area contributed by atoms with Gasteiger partial charge in [0.1, 0.15) is 0 Å². The lowest BCUT2D eigenvalue weighted by atomic mass is 9.80. The molecule has 0 heterocycles. The fourth-order valence-electron chi connectivity index (χ4n) is 1.67. The Labute approximate surface area is 66.5 Å². The van der Waals surface area contributed by atoms with Crippen LogP contribution in [0.25, 0.3) is 0 Å². The third kappa shape index (κ3) is 1.70. The van der Waals surface area contributed by atoms with Crippen LogP contribution in [0.1, 0.15) is 32.6 Å². The van der Waals surface area contributed by atoms with Crippen molar-refractivity contribution in [3.8, 4) is 0 Å². The zero-order chi connectivity index (χ0) is 8.32. The van der Waals surface area contributed by atoms with Gasteiger partial charge >= 0.3 is 0 Å². The first kappa shape index (κ1) is 8.93. The van der Waals surface area contributed by atoms with Crippen molar-refractivity contribution >= 4 is 0 Å². The number of hydroxylamine groups is 2. The second-order valence-electron chi connectivity index (χ2n) is 3.46. The van der Waals surface area contributed by atoms with Crippen LogP contribution < -0.4 is 11.0 Å². The first-order valence-corrected chi connectivity index (χ1v) is 4.04. The molecule has 66 valence electrons. The van der Waals surface area contributed by atoms with Crippen LogP contribution in [0.2, 0.25) is 0 Å². The van der Waals surface area contributed by atoms with Crippen LogP contribution >= 0.6 is 0 Å². The molecule has 0 aliphatic heterocycles. The zero-order valence-corrected chi connectivity index (χ0v) is 6.80. The number of rotatable bonds is 2. The Kier molecular flexibility index (Phi) is 2.84. The van der Waals surface area contributed by atoms with Gasteiger partial charge in [0.25, 0.3) is 0 Å². The molecule has 0 saturated heterocycles. The zero-order valence-electron chi connectivity index (χ0n) is 6.80. The van der Waals surface area contributed by atoms with Gasteiger partial charge in [-0.3, -0.25) is 0 Å². The summed E-state index contributed by atoms with van der Waals surface area (Å²) in [4.78, 5) is 0. The van der Waals surface area contributed by atoms with E-state index in [0.29, 0.717) is 0 Å². The topological polar surface area (TPSA) is 64.5 Å². The monoisotopic (exact) mass is 160 g/mol. The molecule has 0 amide bonds. The van der Waals surface area contributed by atoms with Crippen molar-refractivity contribution in [1.29, 1.82) is 0 Å². The maximum atomic E-state index is 8.85. The van der Waals surface area contributed by atoms with Crippen molar-refractivity contribution in [2.75, 3.05) is 0 Å². The molecule has 1 aliphatic rings. The molecular formula is C7H16N2O2. The Balaban J connectivity index is 2.57. The minimum atomic E-state index is -0.368. The smallest absolute Gasteiger partial charge is 0.0577 e. The Hall–Kier alpha value is -0.160. The van der Waals surface area contributed by atoms with Gasteiger partial charge in [0, 0.05) is 0 Å². The summed E-state index contributed by atoms with van der Waals surface area (Å²) in [5.41, 5.74) is 4.11. The first-order chi connectivity index (χ1) is 5.23. The third-order valence-electron chi connectivity index (χ3n) is 2.62. The molecule has 2 atom stereocenters. The van der Waals surface area contributed by atoms with E-state index < -0.39 is 0 Å². The number of hydrogen-bond donors (Lipinski definition) is 4. The van der Waals surface area contributed by atoms with E-state index in [9.17, 15) is 0 Å². The van der Waals surface area contributed by atoms with E-state index >= 15 is 0 Å². The molecule has 4 N–H and O–H groups in total. The van der Waals surface area contributed by atoms with Crippen LogP contribution in [-0.2, 0) is 0 Å². The predicted octanol–water partition coefficient (Wildman–Crippen LogP) is 0.645. The van der Waals surface area contributed by atoms with Crippen LogP contribution in [0.5, 0.6) is 0 Å². The average Bonchev–Trinajstić information content (AvgIpc) is 2.05. The van der Waals surface area contributed by atoms with E-state index in [0.717, 1.165) is 25.7 Å². The van der Waals surface area contributed by atoms with E-state index in [1.54, 1.807) is 0 Å². The summed E-state index contributed by atoms with van der Waals surface area (Å²) >= 11 is 0. The summed E-state index contributed by atoms with van der Waals surface area (Å²) in [6, 6.07) is -0.0405. The van der Waals surface area contributed by atoms with Crippen LogP contribution in [0.4, 0.5) is 0 Å². The van der Waals surface area contributed by atoms with Crippen molar-refractivity contribution in [2.24, 2.45) is 0 Å². The molecule has 0 aromatic carbocycles. The van der Waals surface area contributed by atoms with Gasteiger partial charge in [0.2, 0.25) is 0 Å². The van der Waals surface area contributed by atoms with E-state index in [4.69, 9.17) is 10.4 Å². The number of nitrogens with one attached hydrogen (secondary N) is 2. The SMILES string of the molecule is C[C@]1(NO)CCCC[C@H]1NO. The van der Waals surface area contributed by atoms with Crippen molar-refractivity contribution < 1.29 is 10.4 Å². The van der Waals surface area contributed by atoms with Gasteiger partial charge in [-0.2, -0.15) is 5.48 Å². The van der Waals surface area contributed by atoms with Crippen LogP contribution in [0.3, 0.4) is 0 Å². The fourth-order valence-corrected chi connectivity index (χ4v) is 1.67. The van der Waals surface area contributed by atoms with Gasteiger partial charge < -0.3 is 10.4 Å². The lowest BCUT2D eigenvalue weighted by Crippen LogP contribution is -2.57. The molecule has 0 aromatic rings. The van der Waals surface area contributed by atoms with Gasteiger partial charge in [-0.15, -0.1) is 0 Å². The molecule has 1 saturated carbocycles. The van der Waals surface area contributed by atoms with Gasteiger partial charge in [-0.05, 0) is 19.8 Å². The molecule has 1 aliphatic carbocycles. The highest BCUT2D eigenvalue weighted by atomic mass is 16.5. The lowest BCUT2D eigenvalue weighted by molar-refractivity contribution is -0.0175. The molecule has 11 heavy (non-hydrogen) atoms. The summed E-state index contributed by atoms with van der Waals surface area (Å²) in [6.07, 6.45) is 4.00. The molecule has 1 rings (SSSR count). The molecule has 0 unspecified atom stereocenters. The normalized spacial score (nSPS) is 39.0. The Morgan fingerprint density at radius 3 is 2.55 bits per heavy atom. The standard InChI is InChI=1S/C7H16N2O2/c1-7(9-11)5-3-2-4-6(7)8-10/h6,8-11H,2-5H2,1H3/t6-,7+/m1/s1. The first-order valence-electron chi connectivity index (χ1n) is 4.04. The Morgan fingerprint density at radius 1 is 1.36 bits per heavy atom. The molecule has 1 fully saturated rings. The van der Waals surface area contributed by atoms with Crippen molar-refractivity contribution in [2.45, 2.75) is 44.2 Å². The van der Waals surface area contributed by atoms with Crippen LogP contribution in [-0.4, -0.2) is 22.0 Å². The van der Waals surface area contributed by atoms with Crippen LogP contribution in [0, 0.1) is 0 Å². The highest BCUT2D eigenvalue weighted by Gasteiger charge is 2.35. The van der Waals surface area contributed by atoms with Crippen molar-refractivity contribution in [3.05, 3.63) is 0 Å². The number of hydrogen-bond acceptors (Lipinski definition) is 4. The summed E-state index contributed by atoms with van der Waals surface area (Å²) in [7, 11) is 0. The molecular weight excluding hydrogens is 144 g/mol. The second kappa shape index (κ2) is 3.49. The van der Waals surface area contributed by atoms with Crippen molar-refractivity contribution in [1.82, 2.24) is 11.0 Å². The van der Waals surface area contributed by atoms with Gasteiger partial charge in [0.05, 0.1) is 11.6 Å². The molecule has 4 heteroatoms. The quantitative estimate of drug-likeness (QED) is 0.448. The molecule has 0 aromatic heterocycles. The molecule has 4 nitrogen and oxygen atoms in total. The van der Waals surface area contributed by atoms with Gasteiger partial charge in [0.15, 0.2) is 0 Å². The molecule has 0 bridgehead atoms. The summed E-state index contributed by atoms with van der Waals surface area (Å²) in [5, 5.41) is 17.6. The second-order valence-corrected chi connectivity index (χ2v) is 3.46. The summed E-state index contributed by atoms with van der Waals surface area (Å²) in [5.74, 6) is 0. The molecule has 0 spiro atoms. The minimum Gasteiger partial charge on any atom is -0.316 e. The Bertz CT molecular complexity index is 132. The van der Waals surface area contributed by atoms with Gasteiger partial charge in [-0.1, -0.05) is 12.8 Å². The van der Waals surface area contributed by atoms with Crippen molar-refractivity contribution in [3.63, 3.8) is 0 Å². The Morgan fingerprint density at radius 2 is 2.09 bits per heavy atom. The maximum absolute atomic E-state index is 8.85. The largest absolute Gasteiger partial charge is 0.316 e. The van der Waals surface area contributed by atoms with Crippen LogP contribution in [0.15, 0.2) is 0 Å². The fraction of sp³-hybridized carbons (Fsp3) is 1.00. The molecule has 0 radical (unpaired) electrons. The lowest BCUT2D eigenvalue weighted by Gasteiger charge is -2.39. The minimum absolute atomic E-state index is 0.0405. The third-order valence-corrected chi connectivity index (χ3v) is 2.62. The summed E-state index contributed by atoms with van der Waals surface area (Å²) < 4.78 is 0. The van der Waals surface area contributed by atoms with E-state index in [2.05, 4.69) is 11.0 Å². The van der Waals surface area contributed by atoms with Gasteiger partial charge in [-0.25, -0.2) is 5.48 Å². The maximum Gasteiger partial charge on any atom is 0.0577 e. The summed E-state index contributed by atoms with van der Waals surface area (Å²) in [6.45, 7) is 1.90. The predicted molar refractivity (Wildman–Crippen MR) is 40.5 cm³/mol. The highest BCUT2D eigenvalue weighted by molar-refractivity contribution is 4.94.